The summed E-state index contributed by atoms with van der Waals surface area (Å²) in [5.41, 5.74) is 1.17. The number of nitrogens with zero attached hydrogens (tertiary/aromatic N) is 2. The Morgan fingerprint density at radius 3 is 3.00 bits per heavy atom. The average molecular weight is 249 g/mol. The van der Waals surface area contributed by atoms with Crippen molar-refractivity contribution in [3.05, 3.63) is 23.9 Å². The lowest BCUT2D eigenvalue weighted by molar-refractivity contribution is -0.130. The standard InChI is InChI=1S/C14H23N3O/c1-11-8-17(10-14(2,3)18-11)9-12-6-5-7-16-13(12)15-4/h5-7,11H,8-10H2,1-4H3,(H,15,16). The Kier molecular flexibility index (Phi) is 3.88. The minimum Gasteiger partial charge on any atom is -0.373 e. The van der Waals surface area contributed by atoms with E-state index in [2.05, 4.69) is 42.0 Å². The fraction of sp³-hybridized carbons (Fsp3) is 0.643. The van der Waals surface area contributed by atoms with Crippen molar-refractivity contribution in [2.45, 2.75) is 39.0 Å². The monoisotopic (exact) mass is 249 g/mol. The Labute approximate surface area is 109 Å². The second-order valence-corrected chi connectivity index (χ2v) is 5.62. The molecule has 1 unspecified atom stereocenters. The van der Waals surface area contributed by atoms with E-state index in [1.807, 2.05) is 19.3 Å². The SMILES string of the molecule is CNc1ncccc1CN1CC(C)OC(C)(C)C1. The summed E-state index contributed by atoms with van der Waals surface area (Å²) in [5, 5.41) is 3.15. The summed E-state index contributed by atoms with van der Waals surface area (Å²) in [6, 6.07) is 4.12. The van der Waals surface area contributed by atoms with Gasteiger partial charge in [0.2, 0.25) is 0 Å². The Morgan fingerprint density at radius 1 is 1.56 bits per heavy atom. The molecule has 1 atom stereocenters. The van der Waals surface area contributed by atoms with Crippen molar-refractivity contribution in [2.75, 3.05) is 25.5 Å². The highest BCUT2D eigenvalue weighted by Gasteiger charge is 2.31. The summed E-state index contributed by atoms with van der Waals surface area (Å²) in [7, 11) is 1.91. The van der Waals surface area contributed by atoms with Gasteiger partial charge in [0.25, 0.3) is 0 Å². The molecule has 1 aromatic heterocycles. The van der Waals surface area contributed by atoms with Gasteiger partial charge in [-0.2, -0.15) is 0 Å². The second-order valence-electron chi connectivity index (χ2n) is 5.62. The van der Waals surface area contributed by atoms with Crippen LogP contribution in [0.25, 0.3) is 0 Å². The van der Waals surface area contributed by atoms with Gasteiger partial charge in [-0.15, -0.1) is 0 Å². The van der Waals surface area contributed by atoms with Gasteiger partial charge in [-0.1, -0.05) is 6.07 Å². The molecule has 0 spiro atoms. The van der Waals surface area contributed by atoms with Crippen LogP contribution in [-0.4, -0.2) is 41.7 Å². The fourth-order valence-corrected chi connectivity index (χ4v) is 2.74. The molecule has 4 nitrogen and oxygen atoms in total. The molecule has 0 amide bonds. The lowest BCUT2D eigenvalue weighted by Crippen LogP contribution is -2.51. The summed E-state index contributed by atoms with van der Waals surface area (Å²) in [4.78, 5) is 6.79. The first-order chi connectivity index (χ1) is 8.50. The third-order valence-electron chi connectivity index (χ3n) is 3.16. The normalized spacial score (nSPS) is 23.9. The predicted molar refractivity (Wildman–Crippen MR) is 73.7 cm³/mol. The van der Waals surface area contributed by atoms with Crippen LogP contribution < -0.4 is 5.32 Å². The minimum atomic E-state index is -0.0698. The maximum absolute atomic E-state index is 5.93. The summed E-state index contributed by atoms with van der Waals surface area (Å²) >= 11 is 0. The van der Waals surface area contributed by atoms with Crippen LogP contribution in [0.15, 0.2) is 18.3 Å². The summed E-state index contributed by atoms with van der Waals surface area (Å²) in [5.74, 6) is 0.967. The van der Waals surface area contributed by atoms with Crippen molar-refractivity contribution in [3.63, 3.8) is 0 Å². The van der Waals surface area contributed by atoms with E-state index in [-0.39, 0.29) is 11.7 Å². The molecule has 2 heterocycles. The van der Waals surface area contributed by atoms with Gasteiger partial charge in [0.05, 0.1) is 11.7 Å². The van der Waals surface area contributed by atoms with Crippen molar-refractivity contribution in [3.8, 4) is 0 Å². The molecule has 0 bridgehead atoms. The number of nitrogens with one attached hydrogen (secondary N) is 1. The van der Waals surface area contributed by atoms with Gasteiger partial charge in [-0.05, 0) is 26.8 Å². The lowest BCUT2D eigenvalue weighted by atomic mass is 10.0. The maximum atomic E-state index is 5.93. The Morgan fingerprint density at radius 2 is 2.33 bits per heavy atom. The molecule has 4 heteroatoms. The highest BCUT2D eigenvalue weighted by molar-refractivity contribution is 5.42. The molecule has 1 aromatic rings. The molecular formula is C14H23N3O. The number of morpholine rings is 1. The molecule has 1 saturated heterocycles. The minimum absolute atomic E-state index is 0.0698. The van der Waals surface area contributed by atoms with Crippen molar-refractivity contribution in [1.82, 2.24) is 9.88 Å². The van der Waals surface area contributed by atoms with E-state index in [0.29, 0.717) is 0 Å². The first-order valence-corrected chi connectivity index (χ1v) is 6.52. The van der Waals surface area contributed by atoms with Gasteiger partial charge < -0.3 is 10.1 Å². The van der Waals surface area contributed by atoms with Crippen LogP contribution in [0.3, 0.4) is 0 Å². The zero-order valence-electron chi connectivity index (χ0n) is 11.7. The second kappa shape index (κ2) is 5.24. The molecule has 0 aliphatic carbocycles. The van der Waals surface area contributed by atoms with Crippen LogP contribution in [0.5, 0.6) is 0 Å². The largest absolute Gasteiger partial charge is 0.373 e. The Bertz CT molecular complexity index is 406. The van der Waals surface area contributed by atoms with Crippen molar-refractivity contribution in [2.24, 2.45) is 0 Å². The molecule has 1 aliphatic rings. The fourth-order valence-electron chi connectivity index (χ4n) is 2.74. The molecule has 100 valence electrons. The zero-order valence-corrected chi connectivity index (χ0v) is 11.7. The van der Waals surface area contributed by atoms with E-state index in [9.17, 15) is 0 Å². The van der Waals surface area contributed by atoms with E-state index in [4.69, 9.17) is 4.74 Å². The van der Waals surface area contributed by atoms with E-state index in [1.54, 1.807) is 0 Å². The average Bonchev–Trinajstić information content (AvgIpc) is 2.27. The summed E-state index contributed by atoms with van der Waals surface area (Å²) < 4.78 is 5.93. The molecule has 1 N–H and O–H groups in total. The quantitative estimate of drug-likeness (QED) is 0.890. The summed E-state index contributed by atoms with van der Waals surface area (Å²) in [6.07, 6.45) is 2.10. The van der Waals surface area contributed by atoms with Crippen LogP contribution in [-0.2, 0) is 11.3 Å². The lowest BCUT2D eigenvalue weighted by Gasteiger charge is -2.41. The number of rotatable bonds is 3. The molecule has 0 radical (unpaired) electrons. The number of hydrogen-bond acceptors (Lipinski definition) is 4. The molecule has 0 aromatic carbocycles. The highest BCUT2D eigenvalue weighted by Crippen LogP contribution is 2.23. The van der Waals surface area contributed by atoms with Crippen molar-refractivity contribution >= 4 is 5.82 Å². The predicted octanol–water partition coefficient (Wildman–Crippen LogP) is 2.12. The van der Waals surface area contributed by atoms with E-state index < -0.39 is 0 Å². The van der Waals surface area contributed by atoms with Crippen LogP contribution in [0.2, 0.25) is 0 Å². The number of pyridine rings is 1. The van der Waals surface area contributed by atoms with Crippen molar-refractivity contribution < 1.29 is 4.74 Å². The smallest absolute Gasteiger partial charge is 0.130 e. The van der Waals surface area contributed by atoms with E-state index >= 15 is 0 Å². The topological polar surface area (TPSA) is 37.4 Å². The van der Waals surface area contributed by atoms with Crippen LogP contribution >= 0.6 is 0 Å². The highest BCUT2D eigenvalue weighted by atomic mass is 16.5. The van der Waals surface area contributed by atoms with Gasteiger partial charge in [-0.3, -0.25) is 4.90 Å². The first kappa shape index (κ1) is 13.3. The Hall–Kier alpha value is -1.13. The van der Waals surface area contributed by atoms with Gasteiger partial charge in [0, 0.05) is 38.4 Å². The maximum Gasteiger partial charge on any atom is 0.130 e. The van der Waals surface area contributed by atoms with Crippen LogP contribution in [0, 0.1) is 0 Å². The molecule has 2 rings (SSSR count). The van der Waals surface area contributed by atoms with Crippen LogP contribution in [0.4, 0.5) is 5.82 Å². The number of anilines is 1. The first-order valence-electron chi connectivity index (χ1n) is 6.52. The number of hydrogen-bond donors (Lipinski definition) is 1. The van der Waals surface area contributed by atoms with Crippen molar-refractivity contribution in [1.29, 1.82) is 0 Å². The van der Waals surface area contributed by atoms with Crippen LogP contribution in [0.1, 0.15) is 26.3 Å². The Balaban J connectivity index is 2.09. The third-order valence-corrected chi connectivity index (χ3v) is 3.16. The molecule has 1 fully saturated rings. The van der Waals surface area contributed by atoms with E-state index in [1.165, 1.54) is 5.56 Å². The van der Waals surface area contributed by atoms with E-state index in [0.717, 1.165) is 25.5 Å². The van der Waals surface area contributed by atoms with Gasteiger partial charge >= 0.3 is 0 Å². The molecular weight excluding hydrogens is 226 g/mol. The number of ether oxygens (including phenoxy) is 1. The van der Waals surface area contributed by atoms with Gasteiger partial charge in [0.15, 0.2) is 0 Å². The number of aromatic nitrogens is 1. The van der Waals surface area contributed by atoms with Gasteiger partial charge in [-0.25, -0.2) is 4.98 Å². The molecule has 0 saturated carbocycles. The zero-order chi connectivity index (χ0) is 13.2. The summed E-state index contributed by atoms with van der Waals surface area (Å²) in [6.45, 7) is 9.28. The molecule has 18 heavy (non-hydrogen) atoms. The molecule has 1 aliphatic heterocycles. The third kappa shape index (κ3) is 3.21. The van der Waals surface area contributed by atoms with Gasteiger partial charge in [0.1, 0.15) is 5.82 Å².